The minimum atomic E-state index is -0.316. The highest BCUT2D eigenvalue weighted by atomic mass is 16.4. The molecule has 0 N–H and O–H groups in total. The molecule has 0 unspecified atom stereocenters. The summed E-state index contributed by atoms with van der Waals surface area (Å²) in [6.07, 6.45) is 0. The number of Topliss-reactive ketones (excluding diaryl/α,β-unsaturated/α-hetero) is 1. The molecule has 0 aliphatic carbocycles. The van der Waals surface area contributed by atoms with Crippen molar-refractivity contribution in [3.8, 4) is 0 Å². The first-order valence-electron chi connectivity index (χ1n) is 7.26. The highest BCUT2D eigenvalue weighted by Crippen LogP contribution is 2.42. The Bertz CT molecular complexity index is 325. The minimum Gasteiger partial charge on any atom is -0.442 e. The third kappa shape index (κ3) is 7.29. The lowest BCUT2D eigenvalue weighted by Crippen LogP contribution is -2.40. The molecule has 0 amide bonds. The SMILES string of the molecule is BC(C)(C)OBC(C)(C)BC(C)(C)C(=O)C(B)(C)C. The van der Waals surface area contributed by atoms with Gasteiger partial charge in [0.05, 0.1) is 0 Å². The van der Waals surface area contributed by atoms with Crippen LogP contribution in [0.3, 0.4) is 0 Å². The van der Waals surface area contributed by atoms with Crippen LogP contribution in [-0.2, 0) is 9.45 Å². The summed E-state index contributed by atoms with van der Waals surface area (Å²) in [6, 6.07) is 0. The quantitative estimate of drug-likeness (QED) is 0.637. The molecule has 0 aliphatic heterocycles. The van der Waals surface area contributed by atoms with Gasteiger partial charge in [-0.05, 0) is 24.5 Å². The van der Waals surface area contributed by atoms with Crippen molar-refractivity contribution in [3.63, 3.8) is 0 Å². The first-order chi connectivity index (χ1) is 8.07. The van der Waals surface area contributed by atoms with Crippen molar-refractivity contribution in [3.05, 3.63) is 0 Å². The van der Waals surface area contributed by atoms with Gasteiger partial charge in [0, 0.05) is 5.50 Å². The normalized spacial score (nSPS) is 14.1. The predicted molar refractivity (Wildman–Crippen MR) is 93.7 cm³/mol. The van der Waals surface area contributed by atoms with Gasteiger partial charge in [0.25, 0.3) is 7.48 Å². The van der Waals surface area contributed by atoms with E-state index in [0.29, 0.717) is 13.3 Å². The van der Waals surface area contributed by atoms with Gasteiger partial charge in [-0.1, -0.05) is 46.8 Å². The van der Waals surface area contributed by atoms with Crippen LogP contribution in [0.2, 0.25) is 15.8 Å². The molecule has 0 heterocycles. The Labute approximate surface area is 123 Å². The van der Waals surface area contributed by atoms with Crippen molar-refractivity contribution in [2.45, 2.75) is 76.7 Å². The van der Waals surface area contributed by atoms with E-state index in [2.05, 4.69) is 49.4 Å². The zero-order valence-corrected chi connectivity index (χ0v) is 14.7. The van der Waals surface area contributed by atoms with E-state index in [0.717, 1.165) is 7.28 Å². The Balaban J connectivity index is 4.77. The van der Waals surface area contributed by atoms with Crippen molar-refractivity contribution < 1.29 is 9.45 Å². The highest BCUT2D eigenvalue weighted by Gasteiger charge is 2.41. The average Bonchev–Trinajstić information content (AvgIpc) is 2.09. The lowest BCUT2D eigenvalue weighted by atomic mass is 9.30. The molecule has 0 aromatic rings. The molecule has 2 nitrogen and oxygen atoms in total. The van der Waals surface area contributed by atoms with Gasteiger partial charge in [-0.15, -0.1) is 0 Å². The molecule has 0 aromatic carbocycles. The first-order valence-corrected chi connectivity index (χ1v) is 7.26. The fourth-order valence-electron chi connectivity index (χ4n) is 2.75. The smallest absolute Gasteiger partial charge is 0.272 e. The maximum atomic E-state index is 12.5. The fourth-order valence-corrected chi connectivity index (χ4v) is 2.75. The maximum absolute atomic E-state index is 12.5. The van der Waals surface area contributed by atoms with Gasteiger partial charge < -0.3 is 9.45 Å². The molecule has 0 bridgehead atoms. The lowest BCUT2D eigenvalue weighted by Gasteiger charge is -2.37. The van der Waals surface area contributed by atoms with Crippen LogP contribution < -0.4 is 0 Å². The third-order valence-corrected chi connectivity index (χ3v) is 3.11. The van der Waals surface area contributed by atoms with E-state index in [4.69, 9.17) is 4.65 Å². The Morgan fingerprint density at radius 2 is 1.37 bits per heavy atom. The second kappa shape index (κ2) is 5.71. The monoisotopic (exact) mass is 262 g/mol. The molecule has 106 valence electrons. The molecule has 0 rings (SSSR count). The van der Waals surface area contributed by atoms with Gasteiger partial charge in [-0.2, -0.15) is 0 Å². The van der Waals surface area contributed by atoms with E-state index in [1.54, 1.807) is 0 Å². The highest BCUT2D eigenvalue weighted by molar-refractivity contribution is 6.64. The van der Waals surface area contributed by atoms with E-state index < -0.39 is 0 Å². The number of hydrogen-bond donors (Lipinski definition) is 0. The average molecular weight is 262 g/mol. The number of ketones is 1. The van der Waals surface area contributed by atoms with Gasteiger partial charge in [0.15, 0.2) is 0 Å². The van der Waals surface area contributed by atoms with Crippen molar-refractivity contribution in [2.24, 2.45) is 0 Å². The van der Waals surface area contributed by atoms with Crippen LogP contribution in [0.25, 0.3) is 0 Å². The van der Waals surface area contributed by atoms with E-state index in [1.165, 1.54) is 0 Å². The number of rotatable bonds is 7. The summed E-state index contributed by atoms with van der Waals surface area (Å²) in [5, 5.41) is -0.606. The summed E-state index contributed by atoms with van der Waals surface area (Å²) in [4.78, 5) is 12.5. The van der Waals surface area contributed by atoms with Crippen LogP contribution in [0, 0.1) is 0 Å². The Kier molecular flexibility index (Phi) is 5.68. The molecule has 0 radical (unpaired) electrons. The molecular weight excluding hydrogens is 231 g/mol. The van der Waals surface area contributed by atoms with Crippen LogP contribution in [0.4, 0.5) is 0 Å². The largest absolute Gasteiger partial charge is 0.442 e. The second-order valence-electron chi connectivity index (χ2n) is 9.21. The standard InChI is InChI=1S/C13H30B4O2/c1-10(2,14)9(18)11(3,4)16-13(7,8)17-19-12(5,6)15/h16-17H,14-15H2,1-8H3. The van der Waals surface area contributed by atoms with Gasteiger partial charge in [-0.3, -0.25) is 0 Å². The van der Waals surface area contributed by atoms with Crippen molar-refractivity contribution >= 4 is 36.2 Å². The summed E-state index contributed by atoms with van der Waals surface area (Å²) in [6.45, 7) is 16.6. The molecule has 0 saturated carbocycles. The summed E-state index contributed by atoms with van der Waals surface area (Å²) in [5.74, 6) is 0.323. The lowest BCUT2D eigenvalue weighted by molar-refractivity contribution is -0.123. The molecule has 0 aliphatic rings. The minimum absolute atomic E-state index is 0.00229. The summed E-state index contributed by atoms with van der Waals surface area (Å²) >= 11 is 0. The van der Waals surface area contributed by atoms with Gasteiger partial charge in [0.1, 0.15) is 28.8 Å². The van der Waals surface area contributed by atoms with Crippen LogP contribution in [0.5, 0.6) is 0 Å². The third-order valence-electron chi connectivity index (χ3n) is 3.11. The van der Waals surface area contributed by atoms with Gasteiger partial charge >= 0.3 is 0 Å². The van der Waals surface area contributed by atoms with Crippen LogP contribution in [0.15, 0.2) is 0 Å². The van der Waals surface area contributed by atoms with E-state index in [9.17, 15) is 4.79 Å². The zero-order chi connectivity index (χ0) is 15.7. The molecule has 0 spiro atoms. The molecular formula is C13H30B4O2. The summed E-state index contributed by atoms with van der Waals surface area (Å²) in [7, 11) is 5.58. The van der Waals surface area contributed by atoms with Crippen molar-refractivity contribution in [1.82, 2.24) is 0 Å². The van der Waals surface area contributed by atoms with E-state index >= 15 is 0 Å². The molecule has 0 aromatic heterocycles. The van der Waals surface area contributed by atoms with Gasteiger partial charge in [0.2, 0.25) is 0 Å². The first kappa shape index (κ1) is 18.9. The Hall–Kier alpha value is -0.110. The van der Waals surface area contributed by atoms with Crippen LogP contribution in [-0.4, -0.2) is 41.7 Å². The topological polar surface area (TPSA) is 26.3 Å². The number of hydrogen-bond acceptors (Lipinski definition) is 2. The predicted octanol–water partition coefficient (Wildman–Crippen LogP) is 0.915. The Morgan fingerprint density at radius 1 is 0.947 bits per heavy atom. The van der Waals surface area contributed by atoms with E-state index in [-0.39, 0.29) is 21.3 Å². The summed E-state index contributed by atoms with van der Waals surface area (Å²) < 4.78 is 5.89. The zero-order valence-electron chi connectivity index (χ0n) is 14.7. The second-order valence-corrected chi connectivity index (χ2v) is 9.21. The molecule has 0 atom stereocenters. The molecule has 0 saturated heterocycles. The van der Waals surface area contributed by atoms with E-state index in [1.807, 2.05) is 21.7 Å². The fraction of sp³-hybridized carbons (Fsp3) is 0.923. The molecule has 0 fully saturated rings. The van der Waals surface area contributed by atoms with Crippen molar-refractivity contribution in [2.75, 3.05) is 0 Å². The molecule has 6 heteroatoms. The molecule has 19 heavy (non-hydrogen) atoms. The summed E-state index contributed by atoms with van der Waals surface area (Å²) in [5.41, 5.74) is -0.130. The number of carbonyl (C=O) groups is 1. The van der Waals surface area contributed by atoms with Crippen LogP contribution in [0.1, 0.15) is 55.4 Å². The van der Waals surface area contributed by atoms with Gasteiger partial charge in [-0.25, -0.2) is 0 Å². The number of carbonyl (C=O) groups excluding carboxylic acids is 1. The van der Waals surface area contributed by atoms with Crippen LogP contribution >= 0.6 is 0 Å². The Morgan fingerprint density at radius 3 is 1.68 bits per heavy atom. The maximum Gasteiger partial charge on any atom is 0.272 e. The van der Waals surface area contributed by atoms with Crippen molar-refractivity contribution in [1.29, 1.82) is 0 Å².